The minimum absolute atomic E-state index is 0.0770. The summed E-state index contributed by atoms with van der Waals surface area (Å²) in [5.41, 5.74) is 6.05. The van der Waals surface area contributed by atoms with Crippen LogP contribution in [0.15, 0.2) is 35.5 Å². The minimum Gasteiger partial charge on any atom is -0.310 e. The molecular formula is C42H67ClN2O2S. The Kier molecular flexibility index (Phi) is 8.91. The summed E-state index contributed by atoms with van der Waals surface area (Å²) in [5, 5.41) is 4.24. The average molecular weight is 700 g/mol. The Morgan fingerprint density at radius 1 is 0.896 bits per heavy atom. The summed E-state index contributed by atoms with van der Waals surface area (Å²) in [6, 6.07) is 0. The molecular weight excluding hydrogens is 632 g/mol. The quantitative estimate of drug-likeness (QED) is 0.222. The van der Waals surface area contributed by atoms with E-state index in [1.807, 2.05) is 0 Å². The van der Waals surface area contributed by atoms with Crippen LogP contribution in [0.1, 0.15) is 126 Å². The molecule has 1 unspecified atom stereocenters. The Balaban J connectivity index is 1.14. The number of hydrogen-bond donors (Lipinski definition) is 1. The Labute approximate surface area is 299 Å². The molecule has 7 aliphatic rings. The van der Waals surface area contributed by atoms with Crippen LogP contribution in [-0.2, 0) is 9.84 Å². The fraction of sp³-hybridized carbons (Fsp3) is 0.857. The second-order valence-electron chi connectivity index (χ2n) is 19.7. The van der Waals surface area contributed by atoms with Crippen LogP contribution in [0.5, 0.6) is 0 Å². The maximum atomic E-state index is 12.0. The number of allylic oxidation sites excluding steroid dienone is 5. The van der Waals surface area contributed by atoms with Gasteiger partial charge in [0, 0.05) is 36.6 Å². The van der Waals surface area contributed by atoms with E-state index in [4.69, 9.17) is 11.6 Å². The van der Waals surface area contributed by atoms with E-state index in [2.05, 4.69) is 77.4 Å². The molecule has 6 aliphatic carbocycles. The van der Waals surface area contributed by atoms with E-state index in [-0.39, 0.29) is 15.8 Å². The fourth-order valence-corrected chi connectivity index (χ4v) is 15.7. The molecule has 0 radical (unpaired) electrons. The molecule has 10 atom stereocenters. The maximum Gasteiger partial charge on any atom is 0.152 e. The van der Waals surface area contributed by atoms with Crippen LogP contribution in [0.25, 0.3) is 0 Å². The topological polar surface area (TPSA) is 49.4 Å². The zero-order valence-corrected chi connectivity index (χ0v) is 33.1. The second kappa shape index (κ2) is 12.0. The van der Waals surface area contributed by atoms with Crippen LogP contribution in [0.3, 0.4) is 0 Å². The number of sulfone groups is 1. The minimum atomic E-state index is -2.84. The third-order valence-electron chi connectivity index (χ3n) is 17.0. The average Bonchev–Trinajstić information content (AvgIpc) is 3.39. The SMILES string of the molecule is C=C(C)[C@@H]1CC[C@]2(NCCN3CCS(=O)(=O)CC3)CC[C@]3(C)[C@H](CC[C@@H]4[C@@]5(C)CC=C(C6=CCC(C)(Cl)CC6)C(C)(C)[C@@H]5CC[C@]43C)[C@@H]12. The summed E-state index contributed by atoms with van der Waals surface area (Å²) in [4.78, 5) is 2.29. The monoisotopic (exact) mass is 698 g/mol. The lowest BCUT2D eigenvalue weighted by atomic mass is 9.33. The molecule has 4 saturated carbocycles. The number of nitrogens with one attached hydrogen (secondary N) is 1. The van der Waals surface area contributed by atoms with Gasteiger partial charge in [-0.25, -0.2) is 8.42 Å². The van der Waals surface area contributed by atoms with Gasteiger partial charge in [0.15, 0.2) is 9.84 Å². The van der Waals surface area contributed by atoms with E-state index in [0.717, 1.165) is 50.1 Å². The summed E-state index contributed by atoms with van der Waals surface area (Å²) < 4.78 is 24.1. The third kappa shape index (κ3) is 5.51. The van der Waals surface area contributed by atoms with Gasteiger partial charge >= 0.3 is 0 Å². The molecule has 0 bridgehead atoms. The number of alkyl halides is 1. The van der Waals surface area contributed by atoms with Crippen molar-refractivity contribution in [2.24, 2.45) is 51.2 Å². The van der Waals surface area contributed by atoms with Crippen molar-refractivity contribution in [3.8, 4) is 0 Å². The van der Waals surface area contributed by atoms with Crippen molar-refractivity contribution in [2.45, 2.75) is 136 Å². The molecule has 0 amide bonds. The first-order valence-corrected chi connectivity index (χ1v) is 22.0. The van der Waals surface area contributed by atoms with Gasteiger partial charge in [-0.15, -0.1) is 11.6 Å². The Bertz CT molecular complexity index is 1470. The molecule has 7 rings (SSSR count). The molecule has 0 spiro atoms. The molecule has 1 heterocycles. The van der Waals surface area contributed by atoms with Gasteiger partial charge in [0.25, 0.3) is 0 Å². The molecule has 48 heavy (non-hydrogen) atoms. The van der Waals surface area contributed by atoms with Crippen LogP contribution in [0, 0.1) is 51.2 Å². The molecule has 0 aromatic carbocycles. The van der Waals surface area contributed by atoms with E-state index < -0.39 is 9.84 Å². The molecule has 5 fully saturated rings. The molecule has 0 aromatic rings. The van der Waals surface area contributed by atoms with E-state index in [9.17, 15) is 8.42 Å². The van der Waals surface area contributed by atoms with E-state index in [1.165, 1.54) is 63.4 Å². The van der Waals surface area contributed by atoms with Gasteiger partial charge in [0.1, 0.15) is 0 Å². The Hall–Kier alpha value is -0.620. The second-order valence-corrected chi connectivity index (χ2v) is 22.9. The molecule has 0 aromatic heterocycles. The summed E-state index contributed by atoms with van der Waals surface area (Å²) in [5.74, 6) is 4.10. The van der Waals surface area contributed by atoms with Crippen molar-refractivity contribution in [3.05, 3.63) is 35.5 Å². The van der Waals surface area contributed by atoms with Crippen LogP contribution < -0.4 is 5.32 Å². The van der Waals surface area contributed by atoms with Gasteiger partial charge in [0.2, 0.25) is 0 Å². The summed E-state index contributed by atoms with van der Waals surface area (Å²) in [7, 11) is -2.84. The molecule has 1 saturated heterocycles. The number of fused-ring (bicyclic) bond motifs is 7. The fourth-order valence-electron chi connectivity index (χ4n) is 14.2. The standard InChI is InChI=1S/C42H67ClN2O2S/c1-29(2)31-13-20-42(44-23-24-45-25-27-48(46,47)28-26-45)22-21-40(7)33(36(31)42)9-10-35-39(6)18-14-32(30-11-16-38(5,43)17-12-30)37(3,4)34(39)15-19-41(35,40)8/h11,14,31,33-36,44H,1,9-10,12-13,15-28H2,2-8H3/t31-,33+,34-,35+,36+,38?,39-,40+,41+,42-/m0/s1. The van der Waals surface area contributed by atoms with Gasteiger partial charge in [-0.1, -0.05) is 58.9 Å². The van der Waals surface area contributed by atoms with Crippen LogP contribution in [0.4, 0.5) is 0 Å². The van der Waals surface area contributed by atoms with E-state index >= 15 is 0 Å². The lowest BCUT2D eigenvalue weighted by molar-refractivity contribution is -0.221. The molecule has 1 aliphatic heterocycles. The van der Waals surface area contributed by atoms with Gasteiger partial charge in [-0.3, -0.25) is 0 Å². The lowest BCUT2D eigenvalue weighted by Crippen LogP contribution is -2.68. The third-order valence-corrected chi connectivity index (χ3v) is 19.0. The normalized spacial score (nSPS) is 48.3. The van der Waals surface area contributed by atoms with Gasteiger partial charge in [0.05, 0.1) is 11.5 Å². The Morgan fingerprint density at radius 2 is 1.62 bits per heavy atom. The van der Waals surface area contributed by atoms with Crippen LogP contribution in [-0.4, -0.2) is 61.4 Å². The maximum absolute atomic E-state index is 12.0. The highest BCUT2D eigenvalue weighted by Gasteiger charge is 2.70. The zero-order valence-electron chi connectivity index (χ0n) is 31.5. The number of rotatable bonds is 6. The molecule has 270 valence electrons. The van der Waals surface area contributed by atoms with Gasteiger partial charge in [-0.2, -0.15) is 0 Å². The largest absolute Gasteiger partial charge is 0.310 e. The highest BCUT2D eigenvalue weighted by molar-refractivity contribution is 7.91. The summed E-state index contributed by atoms with van der Waals surface area (Å²) >= 11 is 6.78. The zero-order chi connectivity index (χ0) is 34.5. The Morgan fingerprint density at radius 3 is 2.29 bits per heavy atom. The van der Waals surface area contributed by atoms with E-state index in [0.29, 0.717) is 52.7 Å². The summed E-state index contributed by atoms with van der Waals surface area (Å²) in [6.45, 7) is 25.8. The highest BCUT2D eigenvalue weighted by Crippen LogP contribution is 2.76. The van der Waals surface area contributed by atoms with Crippen LogP contribution >= 0.6 is 11.6 Å². The molecule has 4 nitrogen and oxygen atoms in total. The predicted octanol–water partition coefficient (Wildman–Crippen LogP) is 9.36. The van der Waals surface area contributed by atoms with Crippen molar-refractivity contribution in [3.63, 3.8) is 0 Å². The van der Waals surface area contributed by atoms with Gasteiger partial charge < -0.3 is 10.2 Å². The van der Waals surface area contributed by atoms with Crippen molar-refractivity contribution in [1.29, 1.82) is 0 Å². The van der Waals surface area contributed by atoms with Crippen molar-refractivity contribution < 1.29 is 8.42 Å². The first kappa shape index (κ1) is 35.8. The molecule has 6 heteroatoms. The predicted molar refractivity (Wildman–Crippen MR) is 202 cm³/mol. The molecule has 1 N–H and O–H groups in total. The van der Waals surface area contributed by atoms with Crippen LogP contribution in [0.2, 0.25) is 0 Å². The smallest absolute Gasteiger partial charge is 0.152 e. The number of nitrogens with zero attached hydrogens (tertiary/aromatic N) is 1. The van der Waals surface area contributed by atoms with E-state index in [1.54, 1.807) is 11.1 Å². The first-order chi connectivity index (χ1) is 22.4. The van der Waals surface area contributed by atoms with Crippen molar-refractivity contribution in [1.82, 2.24) is 10.2 Å². The highest BCUT2D eigenvalue weighted by atomic mass is 35.5. The lowest BCUT2D eigenvalue weighted by Gasteiger charge is -2.72. The van der Waals surface area contributed by atoms with Gasteiger partial charge in [-0.05, 0) is 153 Å². The number of halogens is 1. The first-order valence-electron chi connectivity index (χ1n) is 19.8. The summed E-state index contributed by atoms with van der Waals surface area (Å²) in [6.07, 6.45) is 20.2. The van der Waals surface area contributed by atoms with Crippen molar-refractivity contribution >= 4 is 21.4 Å². The number of hydrogen-bond acceptors (Lipinski definition) is 4. The van der Waals surface area contributed by atoms with Crippen molar-refractivity contribution in [2.75, 3.05) is 37.7 Å².